The van der Waals surface area contributed by atoms with Gasteiger partial charge in [-0.05, 0) is 42.5 Å². The highest BCUT2D eigenvalue weighted by molar-refractivity contribution is 7.09. The number of methoxy groups -OCH3 is 1. The number of hydrogen-bond acceptors (Lipinski definition) is 5. The van der Waals surface area contributed by atoms with Crippen molar-refractivity contribution in [3.05, 3.63) is 46.2 Å². The molecule has 0 aliphatic rings. The first-order valence-electron chi connectivity index (χ1n) is 8.02. The lowest BCUT2D eigenvalue weighted by Gasteiger charge is -2.12. The molecule has 5 nitrogen and oxygen atoms in total. The van der Waals surface area contributed by atoms with Gasteiger partial charge in [-0.1, -0.05) is 12.1 Å². The van der Waals surface area contributed by atoms with E-state index >= 15 is 0 Å². The second kappa shape index (κ2) is 9.95. The minimum absolute atomic E-state index is 0.0113. The maximum atomic E-state index is 11.5. The van der Waals surface area contributed by atoms with Crippen molar-refractivity contribution in [3.63, 3.8) is 0 Å². The van der Waals surface area contributed by atoms with Gasteiger partial charge in [0.15, 0.2) is 18.1 Å². The fourth-order valence-corrected chi connectivity index (χ4v) is 2.94. The van der Waals surface area contributed by atoms with E-state index in [4.69, 9.17) is 9.47 Å². The molecule has 2 N–H and O–H groups in total. The molecule has 0 bridgehead atoms. The molecule has 0 saturated carbocycles. The first-order valence-corrected chi connectivity index (χ1v) is 8.90. The summed E-state index contributed by atoms with van der Waals surface area (Å²) in [6.45, 7) is 4.15. The van der Waals surface area contributed by atoms with E-state index in [1.165, 1.54) is 4.88 Å². The fraction of sp³-hybridized carbons (Fsp3) is 0.389. The van der Waals surface area contributed by atoms with Gasteiger partial charge in [-0.3, -0.25) is 4.79 Å². The van der Waals surface area contributed by atoms with Gasteiger partial charge in [0.05, 0.1) is 7.11 Å². The quantitative estimate of drug-likeness (QED) is 0.648. The van der Waals surface area contributed by atoms with Crippen molar-refractivity contribution in [2.75, 3.05) is 26.8 Å². The Balaban J connectivity index is 1.82. The van der Waals surface area contributed by atoms with Crippen LogP contribution in [-0.4, -0.2) is 32.7 Å². The van der Waals surface area contributed by atoms with E-state index in [-0.39, 0.29) is 12.5 Å². The lowest BCUT2D eigenvalue weighted by molar-refractivity contribution is -0.123. The third kappa shape index (κ3) is 5.86. The molecule has 1 aromatic heterocycles. The molecule has 130 valence electrons. The molecule has 1 heterocycles. The van der Waals surface area contributed by atoms with Gasteiger partial charge in [-0.25, -0.2) is 0 Å². The normalized spacial score (nSPS) is 10.4. The number of nitrogens with one attached hydrogen (secondary N) is 2. The molecule has 0 aliphatic carbocycles. The number of rotatable bonds is 10. The number of likely N-dealkylation sites (N-methyl/N-ethyl adjacent to an activating group) is 1. The molecule has 0 saturated heterocycles. The third-order valence-corrected chi connectivity index (χ3v) is 4.35. The van der Waals surface area contributed by atoms with Gasteiger partial charge in [0, 0.05) is 24.5 Å². The molecule has 6 heteroatoms. The van der Waals surface area contributed by atoms with E-state index in [1.807, 2.05) is 25.1 Å². The number of carbonyl (C=O) groups excluding carboxylic acids is 1. The van der Waals surface area contributed by atoms with E-state index in [0.29, 0.717) is 18.0 Å². The highest BCUT2D eigenvalue weighted by Crippen LogP contribution is 2.28. The number of amides is 1. The van der Waals surface area contributed by atoms with E-state index in [2.05, 4.69) is 28.1 Å². The van der Waals surface area contributed by atoms with Crippen LogP contribution in [0.4, 0.5) is 0 Å². The maximum absolute atomic E-state index is 11.5. The number of ether oxygens (including phenoxy) is 2. The molecule has 0 atom stereocenters. The number of hydrogen-bond donors (Lipinski definition) is 2. The van der Waals surface area contributed by atoms with Crippen LogP contribution in [0.3, 0.4) is 0 Å². The van der Waals surface area contributed by atoms with Gasteiger partial charge in [0.25, 0.3) is 5.91 Å². The van der Waals surface area contributed by atoms with Gasteiger partial charge in [-0.15, -0.1) is 11.3 Å². The largest absolute Gasteiger partial charge is 0.493 e. The van der Waals surface area contributed by atoms with Crippen molar-refractivity contribution in [3.8, 4) is 11.5 Å². The van der Waals surface area contributed by atoms with Crippen LogP contribution in [0.2, 0.25) is 0 Å². The molecule has 1 aromatic carbocycles. The number of benzene rings is 1. The zero-order valence-electron chi connectivity index (χ0n) is 14.1. The van der Waals surface area contributed by atoms with Gasteiger partial charge in [0.1, 0.15) is 0 Å². The summed E-state index contributed by atoms with van der Waals surface area (Å²) in [6, 6.07) is 9.98. The van der Waals surface area contributed by atoms with Crippen molar-refractivity contribution in [1.29, 1.82) is 0 Å². The summed E-state index contributed by atoms with van der Waals surface area (Å²) in [7, 11) is 1.60. The van der Waals surface area contributed by atoms with Crippen LogP contribution in [0.25, 0.3) is 0 Å². The van der Waals surface area contributed by atoms with Crippen molar-refractivity contribution in [2.45, 2.75) is 19.9 Å². The second-order valence-electron chi connectivity index (χ2n) is 5.23. The summed E-state index contributed by atoms with van der Waals surface area (Å²) in [6.07, 6.45) is 1.03. The Hall–Kier alpha value is -2.05. The van der Waals surface area contributed by atoms with Gasteiger partial charge < -0.3 is 20.1 Å². The van der Waals surface area contributed by atoms with Crippen LogP contribution in [0.15, 0.2) is 35.7 Å². The van der Waals surface area contributed by atoms with Crippen molar-refractivity contribution < 1.29 is 14.3 Å². The first-order chi connectivity index (χ1) is 11.7. The molecule has 0 radical (unpaired) electrons. The molecule has 0 unspecified atom stereocenters. The predicted octanol–water partition coefficient (Wildman–Crippen LogP) is 2.60. The standard InChI is InChI=1S/C18H24N2O3S/c1-3-20-18(21)13-23-16-7-6-14(11-17(16)22-2)12-19-9-8-15-5-4-10-24-15/h4-7,10-11,19H,3,8-9,12-13H2,1-2H3,(H,20,21). The minimum atomic E-state index is -0.140. The van der Waals surface area contributed by atoms with E-state index in [0.717, 1.165) is 25.1 Å². The predicted molar refractivity (Wildman–Crippen MR) is 96.9 cm³/mol. The average Bonchev–Trinajstić information content (AvgIpc) is 3.11. The summed E-state index contributed by atoms with van der Waals surface area (Å²) in [4.78, 5) is 12.9. The molecule has 0 fully saturated rings. The van der Waals surface area contributed by atoms with Crippen LogP contribution >= 0.6 is 11.3 Å². The highest BCUT2D eigenvalue weighted by Gasteiger charge is 2.08. The van der Waals surface area contributed by atoms with E-state index in [1.54, 1.807) is 18.4 Å². The summed E-state index contributed by atoms with van der Waals surface area (Å²) in [5.41, 5.74) is 1.11. The van der Waals surface area contributed by atoms with Crippen LogP contribution in [0.1, 0.15) is 17.4 Å². The van der Waals surface area contributed by atoms with Crippen LogP contribution < -0.4 is 20.1 Å². The Kier molecular flexibility index (Phi) is 7.58. The summed E-state index contributed by atoms with van der Waals surface area (Å²) in [5.74, 6) is 1.07. The fourth-order valence-electron chi connectivity index (χ4n) is 2.23. The smallest absolute Gasteiger partial charge is 0.257 e. The molecule has 24 heavy (non-hydrogen) atoms. The highest BCUT2D eigenvalue weighted by atomic mass is 32.1. The number of carbonyl (C=O) groups is 1. The zero-order chi connectivity index (χ0) is 17.2. The molecular formula is C18H24N2O3S. The van der Waals surface area contributed by atoms with Crippen molar-refractivity contribution in [2.24, 2.45) is 0 Å². The van der Waals surface area contributed by atoms with Crippen molar-refractivity contribution >= 4 is 17.2 Å². The van der Waals surface area contributed by atoms with Crippen molar-refractivity contribution in [1.82, 2.24) is 10.6 Å². The monoisotopic (exact) mass is 348 g/mol. The SMILES string of the molecule is CCNC(=O)COc1ccc(CNCCc2cccs2)cc1OC. The first kappa shape index (κ1) is 18.3. The van der Waals surface area contributed by atoms with Crippen LogP contribution in [0, 0.1) is 0 Å². The Labute approximate surface area is 147 Å². The third-order valence-electron chi connectivity index (χ3n) is 3.42. The molecule has 2 aromatic rings. The second-order valence-corrected chi connectivity index (χ2v) is 6.27. The van der Waals surface area contributed by atoms with Crippen LogP contribution in [-0.2, 0) is 17.8 Å². The zero-order valence-corrected chi connectivity index (χ0v) is 14.9. The maximum Gasteiger partial charge on any atom is 0.257 e. The molecular weight excluding hydrogens is 324 g/mol. The van der Waals surface area contributed by atoms with Gasteiger partial charge in [0.2, 0.25) is 0 Å². The van der Waals surface area contributed by atoms with Gasteiger partial charge >= 0.3 is 0 Å². The summed E-state index contributed by atoms with van der Waals surface area (Å²) in [5, 5.41) is 8.22. The molecule has 1 amide bonds. The molecule has 0 spiro atoms. The lowest BCUT2D eigenvalue weighted by Crippen LogP contribution is -2.28. The number of thiophene rings is 1. The minimum Gasteiger partial charge on any atom is -0.493 e. The topological polar surface area (TPSA) is 59.6 Å². The van der Waals surface area contributed by atoms with Crippen LogP contribution in [0.5, 0.6) is 11.5 Å². The molecule has 2 rings (SSSR count). The van der Waals surface area contributed by atoms with E-state index < -0.39 is 0 Å². The Morgan fingerprint density at radius 2 is 2.12 bits per heavy atom. The Bertz CT molecular complexity index is 629. The van der Waals surface area contributed by atoms with E-state index in [9.17, 15) is 4.79 Å². The lowest BCUT2D eigenvalue weighted by atomic mass is 10.2. The summed E-state index contributed by atoms with van der Waals surface area (Å²) >= 11 is 1.78. The molecule has 0 aliphatic heterocycles. The Morgan fingerprint density at radius 1 is 1.25 bits per heavy atom. The van der Waals surface area contributed by atoms with Gasteiger partial charge in [-0.2, -0.15) is 0 Å². The average molecular weight is 348 g/mol. The summed E-state index contributed by atoms with van der Waals surface area (Å²) < 4.78 is 10.9. The Morgan fingerprint density at radius 3 is 2.83 bits per heavy atom.